The van der Waals surface area contributed by atoms with Crippen molar-refractivity contribution in [1.82, 2.24) is 14.7 Å². The maximum atomic E-state index is 14.8. The second kappa shape index (κ2) is 8.92. The van der Waals surface area contributed by atoms with Crippen LogP contribution >= 0.6 is 0 Å². The number of hydrogen-bond donors (Lipinski definition) is 1. The molecule has 2 aromatic carbocycles. The van der Waals surface area contributed by atoms with Gasteiger partial charge in [0.05, 0.1) is 24.9 Å². The van der Waals surface area contributed by atoms with Crippen molar-refractivity contribution < 1.29 is 27.9 Å². The van der Waals surface area contributed by atoms with Crippen LogP contribution in [0.15, 0.2) is 59.4 Å². The molecule has 0 aliphatic carbocycles. The lowest BCUT2D eigenvalue weighted by Crippen LogP contribution is -2.00. The number of pyridine rings is 1. The molecule has 5 aromatic rings. The summed E-state index contributed by atoms with van der Waals surface area (Å²) < 4.78 is 40.9. The van der Waals surface area contributed by atoms with Gasteiger partial charge in [-0.2, -0.15) is 0 Å². The molecule has 0 radical (unpaired) electrons. The molecule has 0 saturated carbocycles. The first-order valence-electron chi connectivity index (χ1n) is 11.1. The molecule has 3 aromatic heterocycles. The van der Waals surface area contributed by atoms with Crippen LogP contribution in [0, 0.1) is 25.5 Å². The van der Waals surface area contributed by atoms with Crippen LogP contribution in [-0.2, 0) is 11.2 Å². The summed E-state index contributed by atoms with van der Waals surface area (Å²) in [5, 5.41) is 14.0. The highest BCUT2D eigenvalue weighted by Gasteiger charge is 2.21. The van der Waals surface area contributed by atoms with Gasteiger partial charge in [0.2, 0.25) is 0 Å². The van der Waals surface area contributed by atoms with Gasteiger partial charge in [-0.3, -0.25) is 9.36 Å². The molecule has 0 atom stereocenters. The standard InChI is InChI=1S/C27H21F2N3O4/c1-14-26(15(2)36-31-14)17-10-20-21(19-8-16(9-25(33)34)4-7-24(19)35-3)13-32(27(20)30-12-17)23-6-5-18(28)11-22(23)29/h4-8,10-13H,9H2,1-3H3,(H,33,34). The molecule has 0 bridgehead atoms. The van der Waals surface area contributed by atoms with Gasteiger partial charge in [-0.1, -0.05) is 11.2 Å². The maximum absolute atomic E-state index is 14.8. The summed E-state index contributed by atoms with van der Waals surface area (Å²) in [5.41, 5.74) is 4.60. The second-order valence-electron chi connectivity index (χ2n) is 8.41. The van der Waals surface area contributed by atoms with Gasteiger partial charge in [-0.15, -0.1) is 0 Å². The number of aliphatic carboxylic acids is 1. The lowest BCUT2D eigenvalue weighted by Gasteiger charge is -2.10. The second-order valence-corrected chi connectivity index (χ2v) is 8.41. The Labute approximate surface area is 204 Å². The van der Waals surface area contributed by atoms with Crippen LogP contribution in [0.3, 0.4) is 0 Å². The molecule has 3 heterocycles. The summed E-state index contributed by atoms with van der Waals surface area (Å²) in [5.74, 6) is -1.28. The smallest absolute Gasteiger partial charge is 0.307 e. The predicted molar refractivity (Wildman–Crippen MR) is 129 cm³/mol. The third-order valence-electron chi connectivity index (χ3n) is 6.04. The van der Waals surface area contributed by atoms with Crippen molar-refractivity contribution in [2.45, 2.75) is 20.3 Å². The van der Waals surface area contributed by atoms with Crippen molar-refractivity contribution in [3.8, 4) is 33.7 Å². The molecule has 0 unspecified atom stereocenters. The highest BCUT2D eigenvalue weighted by Crippen LogP contribution is 2.40. The predicted octanol–water partition coefficient (Wildman–Crippen LogP) is 5.88. The number of fused-ring (bicyclic) bond motifs is 1. The maximum Gasteiger partial charge on any atom is 0.307 e. The lowest BCUT2D eigenvalue weighted by molar-refractivity contribution is -0.136. The average molecular weight is 489 g/mol. The Kier molecular flexibility index (Phi) is 5.75. The zero-order valence-corrected chi connectivity index (χ0v) is 19.7. The number of nitrogens with zero attached hydrogens (tertiary/aromatic N) is 3. The Balaban J connectivity index is 1.82. The van der Waals surface area contributed by atoms with Gasteiger partial charge in [0.25, 0.3) is 0 Å². The summed E-state index contributed by atoms with van der Waals surface area (Å²) in [6.07, 6.45) is 3.16. The number of aromatic nitrogens is 3. The third kappa shape index (κ3) is 3.98. The third-order valence-corrected chi connectivity index (χ3v) is 6.04. The fraction of sp³-hybridized carbons (Fsp3) is 0.148. The quantitative estimate of drug-likeness (QED) is 0.320. The van der Waals surface area contributed by atoms with E-state index in [4.69, 9.17) is 9.26 Å². The van der Waals surface area contributed by atoms with Crippen molar-refractivity contribution >= 4 is 17.0 Å². The first kappa shape index (κ1) is 23.2. The van der Waals surface area contributed by atoms with Crippen molar-refractivity contribution in [3.05, 3.63) is 83.5 Å². The van der Waals surface area contributed by atoms with Crippen molar-refractivity contribution in [1.29, 1.82) is 0 Å². The van der Waals surface area contributed by atoms with Crippen LogP contribution in [0.4, 0.5) is 8.78 Å². The molecule has 9 heteroatoms. The summed E-state index contributed by atoms with van der Waals surface area (Å²) in [6, 6.07) is 10.3. The summed E-state index contributed by atoms with van der Waals surface area (Å²) in [7, 11) is 1.52. The highest BCUT2D eigenvalue weighted by molar-refractivity contribution is 5.99. The molecule has 0 spiro atoms. The monoisotopic (exact) mass is 489 g/mol. The van der Waals surface area contributed by atoms with E-state index in [2.05, 4.69) is 10.1 Å². The number of aryl methyl sites for hydroxylation is 2. The van der Waals surface area contributed by atoms with Crippen LogP contribution in [0.5, 0.6) is 5.75 Å². The fourth-order valence-corrected chi connectivity index (χ4v) is 4.46. The number of methoxy groups -OCH3 is 1. The Hall–Kier alpha value is -4.53. The molecule has 0 aliphatic rings. The van der Waals surface area contributed by atoms with Gasteiger partial charge < -0.3 is 14.4 Å². The number of benzene rings is 2. The average Bonchev–Trinajstić information content (AvgIpc) is 3.37. The van der Waals surface area contributed by atoms with Crippen LogP contribution < -0.4 is 4.74 Å². The number of halogens is 2. The topological polar surface area (TPSA) is 90.4 Å². The van der Waals surface area contributed by atoms with E-state index in [1.54, 1.807) is 42.1 Å². The molecular formula is C27H21F2N3O4. The van der Waals surface area contributed by atoms with E-state index in [0.29, 0.717) is 44.9 Å². The Morgan fingerprint density at radius 1 is 1.11 bits per heavy atom. The van der Waals surface area contributed by atoms with Gasteiger partial charge >= 0.3 is 5.97 Å². The molecule has 0 saturated heterocycles. The first-order chi connectivity index (χ1) is 17.3. The van der Waals surface area contributed by atoms with Gasteiger partial charge in [0.1, 0.15) is 28.8 Å². The number of rotatable bonds is 6. The molecule has 7 nitrogen and oxygen atoms in total. The van der Waals surface area contributed by atoms with E-state index in [9.17, 15) is 18.7 Å². The van der Waals surface area contributed by atoms with Crippen molar-refractivity contribution in [2.24, 2.45) is 0 Å². The van der Waals surface area contributed by atoms with E-state index in [0.717, 1.165) is 17.2 Å². The van der Waals surface area contributed by atoms with E-state index < -0.39 is 17.6 Å². The summed E-state index contributed by atoms with van der Waals surface area (Å²) in [6.45, 7) is 3.63. The van der Waals surface area contributed by atoms with Crippen LogP contribution in [-0.4, -0.2) is 32.9 Å². The molecule has 36 heavy (non-hydrogen) atoms. The van der Waals surface area contributed by atoms with E-state index >= 15 is 0 Å². The number of hydrogen-bond acceptors (Lipinski definition) is 5. The molecule has 182 valence electrons. The fourth-order valence-electron chi connectivity index (χ4n) is 4.46. The number of carboxylic acids is 1. The van der Waals surface area contributed by atoms with E-state index in [1.807, 2.05) is 13.0 Å². The van der Waals surface area contributed by atoms with E-state index in [-0.39, 0.29) is 12.1 Å². The molecular weight excluding hydrogens is 468 g/mol. The molecule has 0 amide bonds. The number of carbonyl (C=O) groups is 1. The zero-order valence-electron chi connectivity index (χ0n) is 19.7. The summed E-state index contributed by atoms with van der Waals surface area (Å²) >= 11 is 0. The van der Waals surface area contributed by atoms with Crippen molar-refractivity contribution in [2.75, 3.05) is 7.11 Å². The lowest BCUT2D eigenvalue weighted by atomic mass is 9.98. The normalized spacial score (nSPS) is 11.2. The summed E-state index contributed by atoms with van der Waals surface area (Å²) in [4.78, 5) is 16.0. The number of carboxylic acid groups (broad SMARTS) is 1. The minimum Gasteiger partial charge on any atom is -0.496 e. The van der Waals surface area contributed by atoms with Gasteiger partial charge in [0, 0.05) is 46.1 Å². The molecule has 5 rings (SSSR count). The van der Waals surface area contributed by atoms with Crippen molar-refractivity contribution in [3.63, 3.8) is 0 Å². The van der Waals surface area contributed by atoms with Gasteiger partial charge in [-0.05, 0) is 49.7 Å². The molecule has 1 N–H and O–H groups in total. The Morgan fingerprint density at radius 2 is 1.92 bits per heavy atom. The SMILES string of the molecule is COc1ccc(CC(=O)O)cc1-c1cn(-c2ccc(F)cc2F)c2ncc(-c3c(C)noc3C)cc12. The van der Waals surface area contributed by atoms with E-state index in [1.165, 1.54) is 19.2 Å². The zero-order chi connectivity index (χ0) is 25.6. The van der Waals surface area contributed by atoms with Crippen LogP contribution in [0.25, 0.3) is 39.0 Å². The molecule has 0 aliphatic heterocycles. The van der Waals surface area contributed by atoms with Gasteiger partial charge in [-0.25, -0.2) is 13.8 Å². The van der Waals surface area contributed by atoms with Crippen LogP contribution in [0.2, 0.25) is 0 Å². The number of ether oxygens (including phenoxy) is 1. The Morgan fingerprint density at radius 3 is 2.58 bits per heavy atom. The largest absolute Gasteiger partial charge is 0.496 e. The van der Waals surface area contributed by atoms with Gasteiger partial charge in [0.15, 0.2) is 0 Å². The van der Waals surface area contributed by atoms with Crippen LogP contribution in [0.1, 0.15) is 17.0 Å². The Bertz CT molecular complexity index is 1620. The first-order valence-corrected chi connectivity index (χ1v) is 11.1. The molecule has 0 fully saturated rings. The minimum absolute atomic E-state index is 0.117. The minimum atomic E-state index is -0.968. The highest BCUT2D eigenvalue weighted by atomic mass is 19.1.